The van der Waals surface area contributed by atoms with Crippen molar-refractivity contribution in [2.45, 2.75) is 6.92 Å². The third-order valence-electron chi connectivity index (χ3n) is 2.12. The van der Waals surface area contributed by atoms with Crippen LogP contribution in [0, 0.1) is 5.92 Å². The summed E-state index contributed by atoms with van der Waals surface area (Å²) in [6.07, 6.45) is 0. The number of phenolic OH excluding ortho intramolecular Hbond substituents is 1. The van der Waals surface area contributed by atoms with Crippen LogP contribution in [-0.4, -0.2) is 17.4 Å². The van der Waals surface area contributed by atoms with Gasteiger partial charge in [-0.1, -0.05) is 12.1 Å². The van der Waals surface area contributed by atoms with Crippen LogP contribution in [-0.2, 0) is 4.84 Å². The molecule has 0 aromatic heterocycles. The van der Waals surface area contributed by atoms with Gasteiger partial charge in [0.15, 0.2) is 0 Å². The Kier molecular flexibility index (Phi) is 1.93. The first-order valence-corrected chi connectivity index (χ1v) is 4.26. The zero-order chi connectivity index (χ0) is 9.26. The molecule has 0 radical (unpaired) electrons. The molecule has 2 rings (SSSR count). The number of hydrogen-bond donors (Lipinski definition) is 1. The second-order valence-corrected chi connectivity index (χ2v) is 3.22. The minimum absolute atomic E-state index is 0.274. The normalized spacial score (nSPS) is 21.0. The van der Waals surface area contributed by atoms with Gasteiger partial charge in [0.25, 0.3) is 0 Å². The van der Waals surface area contributed by atoms with Gasteiger partial charge in [-0.15, -0.1) is 0 Å². The van der Waals surface area contributed by atoms with Crippen molar-refractivity contribution in [3.05, 3.63) is 29.8 Å². The summed E-state index contributed by atoms with van der Waals surface area (Å²) < 4.78 is 0. The average Bonchev–Trinajstić information content (AvgIpc) is 2.53. The van der Waals surface area contributed by atoms with Gasteiger partial charge in [-0.25, -0.2) is 0 Å². The molecule has 0 saturated carbocycles. The van der Waals surface area contributed by atoms with Crippen LogP contribution in [0.2, 0.25) is 0 Å². The van der Waals surface area contributed by atoms with Crippen LogP contribution in [0.15, 0.2) is 29.4 Å². The number of rotatable bonds is 1. The van der Waals surface area contributed by atoms with Crippen molar-refractivity contribution in [1.29, 1.82) is 0 Å². The van der Waals surface area contributed by atoms with E-state index in [-0.39, 0.29) is 5.75 Å². The number of hydrogen-bond acceptors (Lipinski definition) is 3. The molecule has 1 aliphatic rings. The average molecular weight is 177 g/mol. The van der Waals surface area contributed by atoms with E-state index in [1.807, 2.05) is 12.1 Å². The molecule has 1 unspecified atom stereocenters. The van der Waals surface area contributed by atoms with E-state index in [4.69, 9.17) is 9.94 Å². The minimum atomic E-state index is 0.274. The van der Waals surface area contributed by atoms with Gasteiger partial charge < -0.3 is 9.94 Å². The maximum absolute atomic E-state index is 9.09. The fourth-order valence-corrected chi connectivity index (χ4v) is 1.36. The highest BCUT2D eigenvalue weighted by Crippen LogP contribution is 2.18. The van der Waals surface area contributed by atoms with Crippen molar-refractivity contribution >= 4 is 5.71 Å². The smallest absolute Gasteiger partial charge is 0.125 e. The molecule has 1 N–H and O–H groups in total. The molecule has 1 heterocycles. The predicted octanol–water partition coefficient (Wildman–Crippen LogP) is 1.76. The zero-order valence-corrected chi connectivity index (χ0v) is 7.40. The Balaban J connectivity index is 2.30. The van der Waals surface area contributed by atoms with Crippen molar-refractivity contribution in [2.24, 2.45) is 11.1 Å². The molecule has 3 nitrogen and oxygen atoms in total. The maximum atomic E-state index is 9.09. The molecule has 68 valence electrons. The summed E-state index contributed by atoms with van der Waals surface area (Å²) in [4.78, 5) is 4.98. The first kappa shape index (κ1) is 8.10. The lowest BCUT2D eigenvalue weighted by molar-refractivity contribution is 0.158. The highest BCUT2D eigenvalue weighted by atomic mass is 16.6. The Morgan fingerprint density at radius 3 is 2.62 bits per heavy atom. The lowest BCUT2D eigenvalue weighted by Gasteiger charge is -2.03. The van der Waals surface area contributed by atoms with Gasteiger partial charge in [0.05, 0.1) is 5.71 Å². The number of oxime groups is 1. The van der Waals surface area contributed by atoms with E-state index in [1.165, 1.54) is 0 Å². The molecular weight excluding hydrogens is 166 g/mol. The van der Waals surface area contributed by atoms with E-state index in [0.717, 1.165) is 11.3 Å². The van der Waals surface area contributed by atoms with Crippen LogP contribution in [0.25, 0.3) is 0 Å². The molecule has 3 heteroatoms. The van der Waals surface area contributed by atoms with E-state index in [2.05, 4.69) is 12.1 Å². The predicted molar refractivity (Wildman–Crippen MR) is 49.8 cm³/mol. The molecule has 0 amide bonds. The van der Waals surface area contributed by atoms with E-state index >= 15 is 0 Å². The second kappa shape index (κ2) is 3.09. The zero-order valence-electron chi connectivity index (χ0n) is 7.40. The fraction of sp³-hybridized carbons (Fsp3) is 0.300. The number of aromatic hydroxyl groups is 1. The third-order valence-corrected chi connectivity index (χ3v) is 2.12. The van der Waals surface area contributed by atoms with Gasteiger partial charge in [0.2, 0.25) is 0 Å². The Morgan fingerprint density at radius 2 is 2.08 bits per heavy atom. The van der Waals surface area contributed by atoms with Crippen LogP contribution < -0.4 is 0 Å². The molecule has 0 bridgehead atoms. The van der Waals surface area contributed by atoms with Crippen molar-refractivity contribution in [3.8, 4) is 5.75 Å². The topological polar surface area (TPSA) is 41.8 Å². The summed E-state index contributed by atoms with van der Waals surface area (Å²) >= 11 is 0. The van der Waals surface area contributed by atoms with Gasteiger partial charge in [0, 0.05) is 5.92 Å². The number of phenols is 1. The molecule has 0 spiro atoms. The fourth-order valence-electron chi connectivity index (χ4n) is 1.36. The lowest BCUT2D eigenvalue weighted by Crippen LogP contribution is -2.09. The molecule has 1 aromatic rings. The van der Waals surface area contributed by atoms with Gasteiger partial charge in [-0.2, -0.15) is 0 Å². The van der Waals surface area contributed by atoms with Crippen LogP contribution in [0.3, 0.4) is 0 Å². The van der Waals surface area contributed by atoms with E-state index < -0.39 is 0 Å². The molecule has 0 saturated heterocycles. The van der Waals surface area contributed by atoms with Crippen molar-refractivity contribution in [3.63, 3.8) is 0 Å². The highest BCUT2D eigenvalue weighted by Gasteiger charge is 2.19. The van der Waals surface area contributed by atoms with Crippen molar-refractivity contribution in [2.75, 3.05) is 6.61 Å². The largest absolute Gasteiger partial charge is 0.508 e. The van der Waals surface area contributed by atoms with E-state index in [1.54, 1.807) is 12.1 Å². The summed E-state index contributed by atoms with van der Waals surface area (Å²) in [5.74, 6) is 0.612. The van der Waals surface area contributed by atoms with Gasteiger partial charge >= 0.3 is 0 Å². The Morgan fingerprint density at radius 1 is 1.38 bits per heavy atom. The number of nitrogens with zero attached hydrogens (tertiary/aromatic N) is 1. The van der Waals surface area contributed by atoms with Crippen molar-refractivity contribution < 1.29 is 9.94 Å². The minimum Gasteiger partial charge on any atom is -0.508 e. The van der Waals surface area contributed by atoms with Crippen LogP contribution >= 0.6 is 0 Å². The van der Waals surface area contributed by atoms with Crippen LogP contribution in [0.5, 0.6) is 5.75 Å². The van der Waals surface area contributed by atoms with Gasteiger partial charge in [0.1, 0.15) is 12.4 Å². The quantitative estimate of drug-likeness (QED) is 0.710. The van der Waals surface area contributed by atoms with Gasteiger partial charge in [-0.3, -0.25) is 0 Å². The first-order chi connectivity index (χ1) is 6.27. The Hall–Kier alpha value is -1.51. The SMILES string of the molecule is CC1CON=C1c1ccc(O)cc1. The van der Waals surface area contributed by atoms with E-state index in [9.17, 15) is 0 Å². The van der Waals surface area contributed by atoms with Crippen molar-refractivity contribution in [1.82, 2.24) is 0 Å². The third kappa shape index (κ3) is 1.49. The Labute approximate surface area is 76.6 Å². The Bertz CT molecular complexity index is 329. The summed E-state index contributed by atoms with van der Waals surface area (Å²) in [6, 6.07) is 7.00. The molecule has 0 aliphatic carbocycles. The molecule has 1 aliphatic heterocycles. The standard InChI is InChI=1S/C10H11NO2/c1-7-6-13-11-10(7)8-2-4-9(12)5-3-8/h2-5,7,12H,6H2,1H3. The summed E-state index contributed by atoms with van der Waals surface area (Å²) in [5.41, 5.74) is 1.97. The van der Waals surface area contributed by atoms with Crippen LogP contribution in [0.1, 0.15) is 12.5 Å². The first-order valence-electron chi connectivity index (χ1n) is 4.26. The van der Waals surface area contributed by atoms with Crippen LogP contribution in [0.4, 0.5) is 0 Å². The van der Waals surface area contributed by atoms with Gasteiger partial charge in [-0.05, 0) is 29.8 Å². The summed E-state index contributed by atoms with van der Waals surface area (Å²) in [5, 5.41) is 13.0. The second-order valence-electron chi connectivity index (χ2n) is 3.22. The maximum Gasteiger partial charge on any atom is 0.125 e. The monoisotopic (exact) mass is 177 g/mol. The molecular formula is C10H11NO2. The molecule has 13 heavy (non-hydrogen) atoms. The molecule has 1 aromatic carbocycles. The van der Waals surface area contributed by atoms with E-state index in [0.29, 0.717) is 12.5 Å². The summed E-state index contributed by atoms with van der Waals surface area (Å²) in [6.45, 7) is 2.72. The summed E-state index contributed by atoms with van der Waals surface area (Å²) in [7, 11) is 0. The highest BCUT2D eigenvalue weighted by molar-refractivity contribution is 6.02. The molecule has 0 fully saturated rings. The number of benzene rings is 1. The lowest BCUT2D eigenvalue weighted by atomic mass is 10.00. The molecule has 1 atom stereocenters.